The van der Waals surface area contributed by atoms with Gasteiger partial charge in [0.25, 0.3) is 0 Å². The van der Waals surface area contributed by atoms with Gasteiger partial charge in [-0.3, -0.25) is 9.59 Å². The Labute approximate surface area is 90.8 Å². The first-order valence-corrected chi connectivity index (χ1v) is 4.98. The minimum absolute atomic E-state index is 0.00701. The zero-order valence-electron chi connectivity index (χ0n) is 9.87. The fraction of sp³-hybridized carbons (Fsp3) is 0.800. The van der Waals surface area contributed by atoms with Crippen molar-refractivity contribution in [1.82, 2.24) is 10.2 Å². The molecule has 0 aliphatic rings. The van der Waals surface area contributed by atoms with E-state index in [-0.39, 0.29) is 17.8 Å². The van der Waals surface area contributed by atoms with Gasteiger partial charge in [0.1, 0.15) is 0 Å². The maximum atomic E-state index is 11.1. The molecule has 0 aliphatic heterocycles. The number of nitrogens with one attached hydrogen (secondary N) is 1. The van der Waals surface area contributed by atoms with Crippen LogP contribution in [-0.2, 0) is 14.3 Å². The van der Waals surface area contributed by atoms with E-state index in [4.69, 9.17) is 0 Å². The predicted molar refractivity (Wildman–Crippen MR) is 57.4 cm³/mol. The van der Waals surface area contributed by atoms with Crippen molar-refractivity contribution in [1.29, 1.82) is 0 Å². The quantitative estimate of drug-likeness (QED) is 0.628. The van der Waals surface area contributed by atoms with E-state index in [1.165, 1.54) is 7.11 Å². The molecule has 1 unspecified atom stereocenters. The van der Waals surface area contributed by atoms with Crippen LogP contribution in [0, 0.1) is 5.92 Å². The summed E-state index contributed by atoms with van der Waals surface area (Å²) < 4.78 is 4.61. The topological polar surface area (TPSA) is 58.6 Å². The molecule has 0 aromatic rings. The highest BCUT2D eigenvalue weighted by Gasteiger charge is 2.15. The van der Waals surface area contributed by atoms with Crippen molar-refractivity contribution in [3.05, 3.63) is 0 Å². The number of esters is 1. The van der Waals surface area contributed by atoms with Crippen molar-refractivity contribution in [2.24, 2.45) is 5.92 Å². The van der Waals surface area contributed by atoms with Crippen LogP contribution in [0.15, 0.2) is 0 Å². The maximum Gasteiger partial charge on any atom is 0.309 e. The molecular weight excluding hydrogens is 196 g/mol. The standard InChI is InChI=1S/C10H20N2O3/c1-8(10(14)15-4)7-12(3)6-5-9(13)11-2/h8H,5-7H2,1-4H3,(H,11,13). The highest BCUT2D eigenvalue weighted by molar-refractivity contribution is 5.75. The van der Waals surface area contributed by atoms with E-state index in [1.54, 1.807) is 7.05 Å². The zero-order valence-corrected chi connectivity index (χ0v) is 9.87. The van der Waals surface area contributed by atoms with Gasteiger partial charge in [0.2, 0.25) is 5.91 Å². The Morgan fingerprint density at radius 3 is 2.53 bits per heavy atom. The Balaban J connectivity index is 3.78. The molecule has 0 saturated heterocycles. The highest BCUT2D eigenvalue weighted by atomic mass is 16.5. The van der Waals surface area contributed by atoms with Crippen LogP contribution in [0.5, 0.6) is 0 Å². The SMILES string of the molecule is CNC(=O)CCN(C)CC(C)C(=O)OC. The molecule has 1 atom stereocenters. The molecule has 0 aromatic heterocycles. The number of nitrogens with zero attached hydrogens (tertiary/aromatic N) is 1. The molecule has 0 bridgehead atoms. The first-order chi connectivity index (χ1) is 7.01. The number of methoxy groups -OCH3 is 1. The van der Waals surface area contributed by atoms with Crippen LogP contribution in [0.25, 0.3) is 0 Å². The van der Waals surface area contributed by atoms with E-state index in [0.717, 1.165) is 0 Å². The molecule has 0 rings (SSSR count). The highest BCUT2D eigenvalue weighted by Crippen LogP contribution is 2.00. The van der Waals surface area contributed by atoms with Gasteiger partial charge in [-0.05, 0) is 7.05 Å². The molecular formula is C10H20N2O3. The minimum Gasteiger partial charge on any atom is -0.469 e. The lowest BCUT2D eigenvalue weighted by Gasteiger charge is -2.19. The lowest BCUT2D eigenvalue weighted by molar-refractivity contribution is -0.145. The fourth-order valence-corrected chi connectivity index (χ4v) is 1.25. The molecule has 1 amide bonds. The van der Waals surface area contributed by atoms with E-state index in [9.17, 15) is 9.59 Å². The number of rotatable bonds is 6. The van der Waals surface area contributed by atoms with E-state index in [1.807, 2.05) is 18.9 Å². The largest absolute Gasteiger partial charge is 0.469 e. The van der Waals surface area contributed by atoms with Crippen LogP contribution in [0.4, 0.5) is 0 Å². The van der Waals surface area contributed by atoms with Gasteiger partial charge in [0.05, 0.1) is 13.0 Å². The number of hydrogen-bond donors (Lipinski definition) is 1. The number of carbonyl (C=O) groups is 2. The van der Waals surface area contributed by atoms with Gasteiger partial charge in [0, 0.05) is 26.6 Å². The van der Waals surface area contributed by atoms with Gasteiger partial charge >= 0.3 is 5.97 Å². The van der Waals surface area contributed by atoms with Crippen LogP contribution < -0.4 is 5.32 Å². The van der Waals surface area contributed by atoms with Crippen molar-refractivity contribution in [3.63, 3.8) is 0 Å². The molecule has 1 N–H and O–H groups in total. The van der Waals surface area contributed by atoms with Crippen molar-refractivity contribution in [2.75, 3.05) is 34.3 Å². The Kier molecular flexibility index (Phi) is 6.70. The van der Waals surface area contributed by atoms with E-state index < -0.39 is 0 Å². The summed E-state index contributed by atoms with van der Waals surface area (Å²) in [6.45, 7) is 3.05. The molecule has 88 valence electrons. The van der Waals surface area contributed by atoms with Crippen molar-refractivity contribution in [2.45, 2.75) is 13.3 Å². The van der Waals surface area contributed by atoms with Crippen LogP contribution in [0.2, 0.25) is 0 Å². The van der Waals surface area contributed by atoms with Crippen LogP contribution >= 0.6 is 0 Å². The lowest BCUT2D eigenvalue weighted by Crippen LogP contribution is -2.32. The number of amides is 1. The summed E-state index contributed by atoms with van der Waals surface area (Å²) in [7, 11) is 4.87. The molecule has 0 aromatic carbocycles. The second-order valence-corrected chi connectivity index (χ2v) is 3.61. The first kappa shape index (κ1) is 13.9. The third kappa shape index (κ3) is 6.06. The van der Waals surface area contributed by atoms with Crippen molar-refractivity contribution in [3.8, 4) is 0 Å². The van der Waals surface area contributed by atoms with Gasteiger partial charge in [-0.1, -0.05) is 6.92 Å². The minimum atomic E-state index is -0.221. The van der Waals surface area contributed by atoms with E-state index in [0.29, 0.717) is 19.5 Å². The molecule has 0 heterocycles. The van der Waals surface area contributed by atoms with Gasteiger partial charge < -0.3 is 15.0 Å². The molecule has 0 spiro atoms. The number of carbonyl (C=O) groups excluding carboxylic acids is 2. The summed E-state index contributed by atoms with van der Waals surface area (Å²) >= 11 is 0. The Morgan fingerprint density at radius 1 is 1.47 bits per heavy atom. The fourth-order valence-electron chi connectivity index (χ4n) is 1.25. The van der Waals surface area contributed by atoms with Crippen LogP contribution in [0.3, 0.4) is 0 Å². The Hall–Kier alpha value is -1.10. The summed E-state index contributed by atoms with van der Waals surface area (Å²) in [6.07, 6.45) is 0.445. The molecule has 0 radical (unpaired) electrons. The lowest BCUT2D eigenvalue weighted by atomic mass is 10.1. The average Bonchev–Trinajstić information content (AvgIpc) is 2.24. The normalized spacial score (nSPS) is 12.3. The van der Waals surface area contributed by atoms with Crippen molar-refractivity contribution >= 4 is 11.9 Å². The summed E-state index contributed by atoms with van der Waals surface area (Å²) in [5.74, 6) is -0.376. The van der Waals surface area contributed by atoms with Crippen molar-refractivity contribution < 1.29 is 14.3 Å². The summed E-state index contributed by atoms with van der Waals surface area (Å²) in [4.78, 5) is 24.0. The van der Waals surface area contributed by atoms with E-state index in [2.05, 4.69) is 10.1 Å². The van der Waals surface area contributed by atoms with Gasteiger partial charge in [-0.15, -0.1) is 0 Å². The smallest absolute Gasteiger partial charge is 0.309 e. The first-order valence-electron chi connectivity index (χ1n) is 4.98. The van der Waals surface area contributed by atoms with Gasteiger partial charge in [-0.2, -0.15) is 0 Å². The van der Waals surface area contributed by atoms with E-state index >= 15 is 0 Å². The summed E-state index contributed by atoms with van der Waals surface area (Å²) in [5, 5.41) is 2.55. The summed E-state index contributed by atoms with van der Waals surface area (Å²) in [5.41, 5.74) is 0. The Bertz CT molecular complexity index is 219. The molecule has 15 heavy (non-hydrogen) atoms. The molecule has 0 aliphatic carbocycles. The zero-order chi connectivity index (χ0) is 11.8. The van der Waals surface area contributed by atoms with Crippen LogP contribution in [0.1, 0.15) is 13.3 Å². The monoisotopic (exact) mass is 216 g/mol. The molecule has 5 heteroatoms. The predicted octanol–water partition coefficient (Wildman–Crippen LogP) is -0.137. The molecule has 0 saturated carbocycles. The Morgan fingerprint density at radius 2 is 2.07 bits per heavy atom. The van der Waals surface area contributed by atoms with Crippen LogP contribution in [-0.4, -0.2) is 51.1 Å². The van der Waals surface area contributed by atoms with Gasteiger partial charge in [0.15, 0.2) is 0 Å². The van der Waals surface area contributed by atoms with Gasteiger partial charge in [-0.25, -0.2) is 0 Å². The number of hydrogen-bond acceptors (Lipinski definition) is 4. The third-order valence-electron chi connectivity index (χ3n) is 2.19. The molecule has 5 nitrogen and oxygen atoms in total. The third-order valence-corrected chi connectivity index (χ3v) is 2.19. The second kappa shape index (κ2) is 7.23. The average molecular weight is 216 g/mol. The maximum absolute atomic E-state index is 11.1. The number of ether oxygens (including phenoxy) is 1. The summed E-state index contributed by atoms with van der Waals surface area (Å²) in [6, 6.07) is 0. The second-order valence-electron chi connectivity index (χ2n) is 3.61. The molecule has 0 fully saturated rings.